The third-order valence-corrected chi connectivity index (χ3v) is 0. The standard InChI is InChI=1S/2Ca.FH2O3P.FH.2Na.H3O4P.2H2O/c;;1-5(2,3)4;;;;1-5(2,3)4;;/h;;(H2,2,3,4);1H;;;(H3,1,2,3,4);2*1H2/q2*+2;;;2*+1;;;/p-6. The van der Waals surface area contributed by atoms with Crippen molar-refractivity contribution in [2.24, 2.45) is 0 Å². The fraction of sp³-hybridized carbons (Fsp3) is 0. The molecule has 0 aliphatic rings. The smallest absolute Gasteiger partial charge is 1.00 e. The van der Waals surface area contributed by atoms with Crippen molar-refractivity contribution in [2.45, 2.75) is 0 Å². The minimum Gasteiger partial charge on any atom is -1.00 e. The van der Waals surface area contributed by atoms with Crippen molar-refractivity contribution in [2.75, 3.05) is 0 Å². The first kappa shape index (κ1) is 57.8. The molecule has 17 heavy (non-hydrogen) atoms. The molecule has 0 aromatic rings. The van der Waals surface area contributed by atoms with Gasteiger partial charge in [-0.3, -0.25) is 0 Å². The van der Waals surface area contributed by atoms with Crippen molar-refractivity contribution in [3.8, 4) is 0 Å². The van der Waals surface area contributed by atoms with Gasteiger partial charge in [0.1, 0.15) is 7.91 Å². The molecule has 0 aliphatic carbocycles. The molecule has 4 N–H and O–H groups in total. The van der Waals surface area contributed by atoms with E-state index < -0.39 is 15.7 Å². The van der Waals surface area contributed by atoms with E-state index >= 15 is 0 Å². The van der Waals surface area contributed by atoms with Crippen molar-refractivity contribution < 1.29 is 113 Å². The maximum atomic E-state index is 10.1. The molecule has 0 atom stereocenters. The largest absolute Gasteiger partial charge is 2.00 e. The Labute approximate surface area is 199 Å². The molecular weight excluding hydrogens is 370 g/mol. The van der Waals surface area contributed by atoms with E-state index in [0.717, 1.165) is 0 Å². The first-order chi connectivity index (χ1) is 4.00. The molecule has 0 bridgehead atoms. The summed E-state index contributed by atoms with van der Waals surface area (Å²) >= 11 is 0. The quantitative estimate of drug-likeness (QED) is 0.294. The summed E-state index contributed by atoms with van der Waals surface area (Å²) in [4.78, 5) is 42.5. The van der Waals surface area contributed by atoms with Gasteiger partial charge in [-0.25, -0.2) is 4.20 Å². The second kappa shape index (κ2) is 28.7. The average Bonchev–Trinajstić information content (AvgIpc) is 1.12. The SMILES string of the molecule is O.O.O=P([O-])([O-])F.O=P([O-])([O-])[O-].[Ca+2].[Ca+2].[F-].[Na+].[Na+]. The van der Waals surface area contributed by atoms with Gasteiger partial charge in [-0.1, -0.05) is 0 Å². The fourth-order valence-electron chi connectivity index (χ4n) is 0. The minimum absolute atomic E-state index is 0. The zero-order valence-corrected chi connectivity index (χ0v) is 19.1. The molecular formula is H4Ca2F2Na2O9P2. The predicted octanol–water partition coefficient (Wildman–Crippen LogP) is -15.4. The molecule has 0 heterocycles. The molecule has 0 fully saturated rings. The average molecular weight is 374 g/mol. The van der Waals surface area contributed by atoms with Gasteiger partial charge in [0, 0.05) is 0 Å². The van der Waals surface area contributed by atoms with Crippen LogP contribution in [0.3, 0.4) is 0 Å². The van der Waals surface area contributed by atoms with Crippen molar-refractivity contribution in [1.82, 2.24) is 0 Å². The van der Waals surface area contributed by atoms with E-state index in [0.29, 0.717) is 0 Å². The van der Waals surface area contributed by atoms with Crippen LogP contribution in [0.1, 0.15) is 0 Å². The van der Waals surface area contributed by atoms with Crippen LogP contribution >= 0.6 is 15.7 Å². The zero-order valence-electron chi connectivity index (χ0n) is 8.92. The molecule has 88 valence electrons. The molecule has 0 rings (SSSR count). The molecule has 17 heteroatoms. The van der Waals surface area contributed by atoms with Crippen molar-refractivity contribution in [3.05, 3.63) is 0 Å². The normalized spacial score (nSPS) is 6.94. The Kier molecular flexibility index (Phi) is 97.5. The summed E-state index contributed by atoms with van der Waals surface area (Å²) in [5.74, 6) is 0. The Morgan fingerprint density at radius 2 is 0.765 bits per heavy atom. The molecule has 0 radical (unpaired) electrons. The van der Waals surface area contributed by atoms with E-state index in [1.165, 1.54) is 0 Å². The second-order valence-electron chi connectivity index (χ2n) is 0.878. The van der Waals surface area contributed by atoms with Crippen LogP contribution in [-0.4, -0.2) is 86.4 Å². The van der Waals surface area contributed by atoms with Crippen LogP contribution in [0.15, 0.2) is 0 Å². The summed E-state index contributed by atoms with van der Waals surface area (Å²) in [5.41, 5.74) is 0. The number of rotatable bonds is 0. The Bertz CT molecular complexity index is 145. The van der Waals surface area contributed by atoms with Gasteiger partial charge in [-0.15, -0.1) is 0 Å². The first-order valence-electron chi connectivity index (χ1n) is 1.45. The van der Waals surface area contributed by atoms with Crippen LogP contribution in [0.4, 0.5) is 4.20 Å². The monoisotopic (exact) mass is 374 g/mol. The number of halogens is 2. The topological polar surface area (TPSA) is 212 Å². The van der Waals surface area contributed by atoms with E-state index in [4.69, 9.17) is 33.6 Å². The molecule has 0 saturated carbocycles. The molecule has 0 aliphatic heterocycles. The first-order valence-corrected chi connectivity index (χ1v) is 4.34. The van der Waals surface area contributed by atoms with E-state index in [1.807, 2.05) is 0 Å². The molecule has 0 aromatic heterocycles. The number of phosphoric acid groups is 1. The Morgan fingerprint density at radius 1 is 0.765 bits per heavy atom. The van der Waals surface area contributed by atoms with Crippen molar-refractivity contribution >= 4 is 91.2 Å². The summed E-state index contributed by atoms with van der Waals surface area (Å²) in [6.45, 7) is 0. The maximum absolute atomic E-state index is 10.1. The van der Waals surface area contributed by atoms with Gasteiger partial charge < -0.3 is 49.3 Å². The van der Waals surface area contributed by atoms with Gasteiger partial charge in [0.25, 0.3) is 0 Å². The number of hydrogen-bond acceptors (Lipinski definition) is 7. The van der Waals surface area contributed by atoms with Gasteiger partial charge in [0.15, 0.2) is 0 Å². The second-order valence-corrected chi connectivity index (χ2v) is 2.63. The van der Waals surface area contributed by atoms with Crippen LogP contribution in [0, 0.1) is 0 Å². The Balaban J connectivity index is -0.00000000762. The molecule has 0 aromatic carbocycles. The van der Waals surface area contributed by atoms with Gasteiger partial charge in [0.2, 0.25) is 0 Å². The Hall–Kier alpha value is 4.56. The third-order valence-electron chi connectivity index (χ3n) is 0. The summed E-state index contributed by atoms with van der Waals surface area (Å²) in [5, 5.41) is 0. The van der Waals surface area contributed by atoms with Crippen molar-refractivity contribution in [1.29, 1.82) is 0 Å². The number of hydrogen-bond donors (Lipinski definition) is 0. The van der Waals surface area contributed by atoms with Gasteiger partial charge in [-0.05, 0) is 0 Å². The van der Waals surface area contributed by atoms with E-state index in [2.05, 4.69) is 0 Å². The van der Waals surface area contributed by atoms with E-state index in [-0.39, 0.29) is 150 Å². The summed E-state index contributed by atoms with van der Waals surface area (Å²) in [6, 6.07) is 0. The summed E-state index contributed by atoms with van der Waals surface area (Å²) in [7, 11) is -11.0. The molecule has 9 nitrogen and oxygen atoms in total. The summed E-state index contributed by atoms with van der Waals surface area (Å²) < 4.78 is 27.1. The molecule has 0 unspecified atom stereocenters. The van der Waals surface area contributed by atoms with E-state index in [1.54, 1.807) is 0 Å². The van der Waals surface area contributed by atoms with Crippen LogP contribution < -0.4 is 88.3 Å². The maximum Gasteiger partial charge on any atom is 2.00 e. The predicted molar refractivity (Wildman–Crippen MR) is 35.1 cm³/mol. The van der Waals surface area contributed by atoms with Gasteiger partial charge >= 0.3 is 135 Å². The molecule has 0 spiro atoms. The van der Waals surface area contributed by atoms with Crippen molar-refractivity contribution in [3.63, 3.8) is 0 Å². The molecule has 0 saturated heterocycles. The van der Waals surface area contributed by atoms with Crippen LogP contribution in [0.5, 0.6) is 0 Å². The van der Waals surface area contributed by atoms with Crippen LogP contribution in [-0.2, 0) is 9.13 Å². The van der Waals surface area contributed by atoms with Crippen LogP contribution in [0.2, 0.25) is 0 Å². The fourth-order valence-corrected chi connectivity index (χ4v) is 0. The summed E-state index contributed by atoms with van der Waals surface area (Å²) in [6.07, 6.45) is 0. The van der Waals surface area contributed by atoms with Crippen LogP contribution in [0.25, 0.3) is 0 Å². The van der Waals surface area contributed by atoms with E-state index in [9.17, 15) is 4.20 Å². The molecule has 0 amide bonds. The minimum atomic E-state index is -5.64. The zero-order chi connectivity index (χ0) is 9.00. The third kappa shape index (κ3) is 341. The van der Waals surface area contributed by atoms with Gasteiger partial charge in [0.05, 0.1) is 0 Å². The van der Waals surface area contributed by atoms with Gasteiger partial charge in [-0.2, -0.15) is 7.82 Å². The Morgan fingerprint density at radius 3 is 0.765 bits per heavy atom.